The van der Waals surface area contributed by atoms with Gasteiger partial charge >= 0.3 is 0 Å². The fourth-order valence-corrected chi connectivity index (χ4v) is 2.58. The third-order valence-corrected chi connectivity index (χ3v) is 4.24. The Balaban J connectivity index is 1.51. The molecule has 0 heterocycles. The van der Waals surface area contributed by atoms with Gasteiger partial charge in [0.25, 0.3) is 0 Å². The van der Waals surface area contributed by atoms with Crippen molar-refractivity contribution in [2.75, 3.05) is 5.32 Å². The molecule has 0 aromatic heterocycles. The van der Waals surface area contributed by atoms with Crippen molar-refractivity contribution in [2.24, 2.45) is 0 Å². The number of halogens is 1. The first-order chi connectivity index (χ1) is 12.7. The minimum atomic E-state index is -0.0483. The second-order valence-electron chi connectivity index (χ2n) is 5.65. The summed E-state index contributed by atoms with van der Waals surface area (Å²) in [5, 5.41) is 3.09. The summed E-state index contributed by atoms with van der Waals surface area (Å²) >= 11 is 3.36. The Hall–Kier alpha value is -2.85. The number of hydrogen-bond acceptors (Lipinski definition) is 3. The summed E-state index contributed by atoms with van der Waals surface area (Å²) < 4.78 is 6.70. The van der Waals surface area contributed by atoms with Gasteiger partial charge in [0.15, 0.2) is 5.78 Å². The van der Waals surface area contributed by atoms with Crippen LogP contribution in [-0.2, 0) is 6.61 Å². The quantitative estimate of drug-likeness (QED) is 0.395. The summed E-state index contributed by atoms with van der Waals surface area (Å²) in [5.74, 6) is 0.752. The van der Waals surface area contributed by atoms with Gasteiger partial charge in [-0.15, -0.1) is 0 Å². The van der Waals surface area contributed by atoms with Gasteiger partial charge in [-0.2, -0.15) is 0 Å². The maximum atomic E-state index is 12.1. The summed E-state index contributed by atoms with van der Waals surface area (Å²) in [5.41, 5.74) is 2.66. The third-order valence-electron chi connectivity index (χ3n) is 3.72. The molecule has 26 heavy (non-hydrogen) atoms. The Labute approximate surface area is 161 Å². The number of benzene rings is 3. The molecule has 3 rings (SSSR count). The van der Waals surface area contributed by atoms with Crippen molar-refractivity contribution >= 4 is 27.4 Å². The molecule has 0 saturated heterocycles. The molecule has 0 amide bonds. The second kappa shape index (κ2) is 9.02. The van der Waals surface area contributed by atoms with Crippen molar-refractivity contribution in [3.8, 4) is 5.75 Å². The number of ketones is 1. The average Bonchev–Trinajstić information content (AvgIpc) is 2.68. The molecule has 4 heteroatoms. The van der Waals surface area contributed by atoms with Crippen LogP contribution < -0.4 is 10.1 Å². The first-order valence-corrected chi connectivity index (χ1v) is 9.00. The molecule has 0 spiro atoms. The SMILES string of the molecule is O=C(C=CNc1ccc(OCc2ccccc2)cc1)c1ccc(Br)cc1. The zero-order valence-electron chi connectivity index (χ0n) is 14.1. The Bertz CT molecular complexity index is 872. The largest absolute Gasteiger partial charge is 0.489 e. The Morgan fingerprint density at radius 2 is 1.62 bits per heavy atom. The van der Waals surface area contributed by atoms with E-state index in [9.17, 15) is 4.79 Å². The highest BCUT2D eigenvalue weighted by atomic mass is 79.9. The summed E-state index contributed by atoms with van der Waals surface area (Å²) in [6.07, 6.45) is 3.16. The van der Waals surface area contributed by atoms with Gasteiger partial charge in [-0.05, 0) is 54.1 Å². The molecule has 0 atom stereocenters. The zero-order valence-corrected chi connectivity index (χ0v) is 15.6. The lowest BCUT2D eigenvalue weighted by Gasteiger charge is -2.07. The summed E-state index contributed by atoms with van der Waals surface area (Å²) in [7, 11) is 0. The topological polar surface area (TPSA) is 38.3 Å². The van der Waals surface area contributed by atoms with E-state index in [1.54, 1.807) is 18.3 Å². The van der Waals surface area contributed by atoms with E-state index in [4.69, 9.17) is 4.74 Å². The minimum absolute atomic E-state index is 0.0483. The molecule has 0 saturated carbocycles. The molecule has 3 aromatic carbocycles. The Morgan fingerprint density at radius 1 is 0.923 bits per heavy atom. The van der Waals surface area contributed by atoms with E-state index in [1.165, 1.54) is 6.08 Å². The number of carbonyl (C=O) groups excluding carboxylic acids is 1. The van der Waals surface area contributed by atoms with Gasteiger partial charge in [0, 0.05) is 28.0 Å². The molecule has 0 radical (unpaired) electrons. The summed E-state index contributed by atoms with van der Waals surface area (Å²) in [6.45, 7) is 0.537. The molecule has 130 valence electrons. The first-order valence-electron chi connectivity index (χ1n) is 8.20. The highest BCUT2D eigenvalue weighted by molar-refractivity contribution is 9.10. The maximum Gasteiger partial charge on any atom is 0.187 e. The second-order valence-corrected chi connectivity index (χ2v) is 6.56. The van der Waals surface area contributed by atoms with E-state index in [2.05, 4.69) is 21.2 Å². The van der Waals surface area contributed by atoms with Crippen LogP contribution >= 0.6 is 15.9 Å². The average molecular weight is 408 g/mol. The summed E-state index contributed by atoms with van der Waals surface area (Å²) in [4.78, 5) is 12.1. The van der Waals surface area contributed by atoms with Gasteiger partial charge < -0.3 is 10.1 Å². The van der Waals surface area contributed by atoms with E-state index in [0.717, 1.165) is 21.5 Å². The van der Waals surface area contributed by atoms with Gasteiger partial charge in [0.2, 0.25) is 0 Å². The number of carbonyl (C=O) groups is 1. The molecule has 0 aliphatic rings. The van der Waals surface area contributed by atoms with Gasteiger partial charge in [0.1, 0.15) is 12.4 Å². The van der Waals surface area contributed by atoms with Crippen LogP contribution in [0.15, 0.2) is 95.6 Å². The molecule has 0 unspecified atom stereocenters. The smallest absolute Gasteiger partial charge is 0.187 e. The molecule has 1 N–H and O–H groups in total. The monoisotopic (exact) mass is 407 g/mol. The van der Waals surface area contributed by atoms with Crippen molar-refractivity contribution in [2.45, 2.75) is 6.61 Å². The number of ether oxygens (including phenoxy) is 1. The van der Waals surface area contributed by atoms with Gasteiger partial charge in [-0.1, -0.05) is 46.3 Å². The highest BCUT2D eigenvalue weighted by Gasteiger charge is 2.01. The zero-order chi connectivity index (χ0) is 18.2. The molecule has 0 aliphatic heterocycles. The van der Waals surface area contributed by atoms with Crippen molar-refractivity contribution < 1.29 is 9.53 Å². The fraction of sp³-hybridized carbons (Fsp3) is 0.0455. The number of anilines is 1. The lowest BCUT2D eigenvalue weighted by molar-refractivity contribution is 0.104. The Morgan fingerprint density at radius 3 is 2.31 bits per heavy atom. The fourth-order valence-electron chi connectivity index (χ4n) is 2.31. The predicted molar refractivity (Wildman–Crippen MR) is 108 cm³/mol. The molecule has 0 aliphatic carbocycles. The molecule has 3 nitrogen and oxygen atoms in total. The molecular formula is C22H18BrNO2. The number of hydrogen-bond donors (Lipinski definition) is 1. The Kier molecular flexibility index (Phi) is 6.23. The van der Waals surface area contributed by atoms with Gasteiger partial charge in [0.05, 0.1) is 0 Å². The van der Waals surface area contributed by atoms with E-state index < -0.39 is 0 Å². The lowest BCUT2D eigenvalue weighted by atomic mass is 10.1. The van der Waals surface area contributed by atoms with Crippen molar-refractivity contribution in [1.82, 2.24) is 0 Å². The van der Waals surface area contributed by atoms with Crippen LogP contribution in [0.3, 0.4) is 0 Å². The predicted octanol–water partition coefficient (Wildman–Crippen LogP) is 5.84. The van der Waals surface area contributed by atoms with E-state index >= 15 is 0 Å². The molecule has 0 bridgehead atoms. The first kappa shape index (κ1) is 18.0. The van der Waals surface area contributed by atoms with Crippen LogP contribution in [0.25, 0.3) is 0 Å². The standard InChI is InChI=1S/C22H18BrNO2/c23-19-8-6-18(7-9-19)22(25)14-15-24-20-10-12-21(13-11-20)26-16-17-4-2-1-3-5-17/h1-15,24H,16H2. The van der Waals surface area contributed by atoms with E-state index in [0.29, 0.717) is 12.2 Å². The normalized spacial score (nSPS) is 10.7. The van der Waals surface area contributed by atoms with Gasteiger partial charge in [-0.25, -0.2) is 0 Å². The maximum absolute atomic E-state index is 12.1. The van der Waals surface area contributed by atoms with Gasteiger partial charge in [-0.3, -0.25) is 4.79 Å². The number of allylic oxidation sites excluding steroid dienone is 1. The van der Waals surface area contributed by atoms with Crippen LogP contribution in [-0.4, -0.2) is 5.78 Å². The van der Waals surface area contributed by atoms with Crippen LogP contribution in [0, 0.1) is 0 Å². The van der Waals surface area contributed by atoms with Crippen molar-refractivity contribution in [3.05, 3.63) is 107 Å². The van der Waals surface area contributed by atoms with Crippen LogP contribution in [0.5, 0.6) is 5.75 Å². The number of rotatable bonds is 7. The van der Waals surface area contributed by atoms with Crippen molar-refractivity contribution in [1.29, 1.82) is 0 Å². The molecule has 0 fully saturated rings. The van der Waals surface area contributed by atoms with E-state index in [1.807, 2.05) is 66.7 Å². The lowest BCUT2D eigenvalue weighted by Crippen LogP contribution is -1.97. The summed E-state index contributed by atoms with van der Waals surface area (Å²) in [6, 6.07) is 24.9. The van der Waals surface area contributed by atoms with Crippen LogP contribution in [0.1, 0.15) is 15.9 Å². The minimum Gasteiger partial charge on any atom is -0.489 e. The van der Waals surface area contributed by atoms with Crippen LogP contribution in [0.2, 0.25) is 0 Å². The number of nitrogens with one attached hydrogen (secondary N) is 1. The van der Waals surface area contributed by atoms with E-state index in [-0.39, 0.29) is 5.78 Å². The van der Waals surface area contributed by atoms with Crippen molar-refractivity contribution in [3.63, 3.8) is 0 Å². The highest BCUT2D eigenvalue weighted by Crippen LogP contribution is 2.17. The van der Waals surface area contributed by atoms with Crippen LogP contribution in [0.4, 0.5) is 5.69 Å². The molecule has 3 aromatic rings. The molecular weight excluding hydrogens is 390 g/mol. The third kappa shape index (κ3) is 5.33.